The molecule has 0 heteroatoms. The lowest BCUT2D eigenvalue weighted by molar-refractivity contribution is 0.269. The molecule has 0 aromatic rings. The third-order valence-corrected chi connectivity index (χ3v) is 3.53. The summed E-state index contributed by atoms with van der Waals surface area (Å²) in [6.45, 7) is 4.76. The van der Waals surface area contributed by atoms with Crippen molar-refractivity contribution in [1.29, 1.82) is 0 Å². The van der Waals surface area contributed by atoms with Crippen molar-refractivity contribution in [1.82, 2.24) is 0 Å². The van der Waals surface area contributed by atoms with Gasteiger partial charge in [0.2, 0.25) is 0 Å². The second kappa shape index (κ2) is 2.25. The highest BCUT2D eigenvalue weighted by atomic mass is 14.5. The van der Waals surface area contributed by atoms with Gasteiger partial charge in [0.05, 0.1) is 0 Å². The summed E-state index contributed by atoms with van der Waals surface area (Å²) in [5.74, 6) is 4.36. The Morgan fingerprint density at radius 1 is 1.00 bits per heavy atom. The van der Waals surface area contributed by atoms with Gasteiger partial charge in [0, 0.05) is 0 Å². The predicted molar refractivity (Wildman–Crippen MR) is 43.8 cm³/mol. The van der Waals surface area contributed by atoms with E-state index in [-0.39, 0.29) is 0 Å². The molecule has 0 N–H and O–H groups in total. The van der Waals surface area contributed by atoms with Crippen molar-refractivity contribution in [3.8, 4) is 0 Å². The zero-order valence-corrected chi connectivity index (χ0v) is 7.14. The quantitative estimate of drug-likeness (QED) is 0.522. The largest absolute Gasteiger partial charge is 0.0625 e. The lowest BCUT2D eigenvalue weighted by Gasteiger charge is -2.24. The second-order valence-electron chi connectivity index (χ2n) is 4.57. The van der Waals surface area contributed by atoms with E-state index in [0.29, 0.717) is 0 Å². The van der Waals surface area contributed by atoms with Gasteiger partial charge in [-0.05, 0) is 49.4 Å². The van der Waals surface area contributed by atoms with Crippen LogP contribution < -0.4 is 0 Å². The Kier molecular flexibility index (Phi) is 1.51. The molecule has 0 nitrogen and oxygen atoms in total. The third kappa shape index (κ3) is 1.09. The first kappa shape index (κ1) is 6.69. The average Bonchev–Trinajstić information content (AvgIpc) is 2.63. The Hall–Kier alpha value is 0. The van der Waals surface area contributed by atoms with Gasteiger partial charge in [0.25, 0.3) is 0 Å². The molecular weight excluding hydrogens is 120 g/mol. The van der Waals surface area contributed by atoms with Crippen LogP contribution in [0.1, 0.15) is 39.5 Å². The fraction of sp³-hybridized carbons (Fsp3) is 1.00. The van der Waals surface area contributed by atoms with Gasteiger partial charge < -0.3 is 0 Å². The van der Waals surface area contributed by atoms with E-state index in [9.17, 15) is 0 Å². The first-order valence-electron chi connectivity index (χ1n) is 4.77. The summed E-state index contributed by atoms with van der Waals surface area (Å²) in [6, 6.07) is 0. The van der Waals surface area contributed by atoms with E-state index in [1.807, 2.05) is 0 Å². The molecule has 0 radical (unpaired) electrons. The Morgan fingerprint density at radius 2 is 1.80 bits per heavy atom. The topological polar surface area (TPSA) is 0 Å². The van der Waals surface area contributed by atoms with Crippen molar-refractivity contribution < 1.29 is 0 Å². The van der Waals surface area contributed by atoms with Gasteiger partial charge >= 0.3 is 0 Å². The van der Waals surface area contributed by atoms with Crippen LogP contribution in [-0.4, -0.2) is 0 Å². The predicted octanol–water partition coefficient (Wildman–Crippen LogP) is 3.08. The summed E-state index contributed by atoms with van der Waals surface area (Å²) < 4.78 is 0. The number of hydrogen-bond donors (Lipinski definition) is 0. The standard InChI is InChI=1S/C10H18/c1-7(2)8-3-4-9-6-10(9)5-8/h7-10H,3-6H2,1-2H3. The maximum Gasteiger partial charge on any atom is -0.0380 e. The summed E-state index contributed by atoms with van der Waals surface area (Å²) in [5, 5.41) is 0. The second-order valence-corrected chi connectivity index (χ2v) is 4.57. The SMILES string of the molecule is CC(C)C1CCC2CC2C1. The molecule has 0 heterocycles. The number of rotatable bonds is 1. The average molecular weight is 138 g/mol. The van der Waals surface area contributed by atoms with Crippen LogP contribution in [-0.2, 0) is 0 Å². The van der Waals surface area contributed by atoms with Gasteiger partial charge in [-0.15, -0.1) is 0 Å². The van der Waals surface area contributed by atoms with E-state index in [0.717, 1.165) is 11.8 Å². The minimum atomic E-state index is 0.946. The molecular formula is C10H18. The van der Waals surface area contributed by atoms with Gasteiger partial charge in [-0.1, -0.05) is 13.8 Å². The molecule has 0 amide bonds. The van der Waals surface area contributed by atoms with Crippen LogP contribution in [0, 0.1) is 23.7 Å². The van der Waals surface area contributed by atoms with E-state index < -0.39 is 0 Å². The molecule has 3 unspecified atom stereocenters. The molecule has 0 bridgehead atoms. The molecule has 0 aromatic heterocycles. The smallest absolute Gasteiger partial charge is 0.0380 e. The first-order valence-corrected chi connectivity index (χ1v) is 4.77. The Bertz CT molecular complexity index is 126. The minimum Gasteiger partial charge on any atom is -0.0625 e. The molecule has 0 saturated heterocycles. The molecule has 3 atom stereocenters. The molecule has 0 spiro atoms. The van der Waals surface area contributed by atoms with E-state index in [1.54, 1.807) is 19.3 Å². The van der Waals surface area contributed by atoms with E-state index in [4.69, 9.17) is 0 Å². The molecule has 2 fully saturated rings. The highest BCUT2D eigenvalue weighted by molar-refractivity contribution is 4.92. The van der Waals surface area contributed by atoms with Crippen molar-refractivity contribution in [3.05, 3.63) is 0 Å². The van der Waals surface area contributed by atoms with Crippen molar-refractivity contribution in [2.45, 2.75) is 39.5 Å². The molecule has 2 aliphatic rings. The van der Waals surface area contributed by atoms with Gasteiger partial charge in [0.15, 0.2) is 0 Å². The van der Waals surface area contributed by atoms with E-state index in [1.165, 1.54) is 18.3 Å². The highest BCUT2D eigenvalue weighted by Gasteiger charge is 2.42. The molecule has 0 aromatic carbocycles. The van der Waals surface area contributed by atoms with Crippen molar-refractivity contribution in [2.24, 2.45) is 23.7 Å². The van der Waals surface area contributed by atoms with E-state index in [2.05, 4.69) is 13.8 Å². The maximum atomic E-state index is 2.38. The molecule has 58 valence electrons. The maximum absolute atomic E-state index is 2.38. The van der Waals surface area contributed by atoms with Crippen molar-refractivity contribution in [2.75, 3.05) is 0 Å². The zero-order chi connectivity index (χ0) is 7.14. The number of hydrogen-bond acceptors (Lipinski definition) is 0. The fourth-order valence-electron chi connectivity index (χ4n) is 2.49. The fourth-order valence-corrected chi connectivity index (χ4v) is 2.49. The summed E-state index contributed by atoms with van der Waals surface area (Å²) in [4.78, 5) is 0. The minimum absolute atomic E-state index is 0.946. The zero-order valence-electron chi connectivity index (χ0n) is 7.14. The normalized spacial score (nSPS) is 45.3. The molecule has 0 aliphatic heterocycles. The van der Waals surface area contributed by atoms with Crippen LogP contribution in [0.3, 0.4) is 0 Å². The molecule has 2 saturated carbocycles. The van der Waals surface area contributed by atoms with E-state index >= 15 is 0 Å². The monoisotopic (exact) mass is 138 g/mol. The van der Waals surface area contributed by atoms with Crippen LogP contribution in [0.2, 0.25) is 0 Å². The summed E-state index contributed by atoms with van der Waals surface area (Å²) in [7, 11) is 0. The summed E-state index contributed by atoms with van der Waals surface area (Å²) >= 11 is 0. The summed E-state index contributed by atoms with van der Waals surface area (Å²) in [5.41, 5.74) is 0. The Balaban J connectivity index is 1.88. The van der Waals surface area contributed by atoms with Crippen LogP contribution in [0.25, 0.3) is 0 Å². The lowest BCUT2D eigenvalue weighted by atomic mass is 9.82. The van der Waals surface area contributed by atoms with Crippen molar-refractivity contribution in [3.63, 3.8) is 0 Å². The third-order valence-electron chi connectivity index (χ3n) is 3.53. The first-order chi connectivity index (χ1) is 4.77. The van der Waals surface area contributed by atoms with Gasteiger partial charge in [-0.2, -0.15) is 0 Å². The van der Waals surface area contributed by atoms with Crippen LogP contribution >= 0.6 is 0 Å². The highest BCUT2D eigenvalue weighted by Crippen LogP contribution is 2.52. The van der Waals surface area contributed by atoms with Gasteiger partial charge in [-0.3, -0.25) is 0 Å². The Labute approximate surface area is 64.0 Å². The molecule has 10 heavy (non-hydrogen) atoms. The van der Waals surface area contributed by atoms with Crippen LogP contribution in [0.15, 0.2) is 0 Å². The number of fused-ring (bicyclic) bond motifs is 1. The van der Waals surface area contributed by atoms with Gasteiger partial charge in [-0.25, -0.2) is 0 Å². The van der Waals surface area contributed by atoms with Gasteiger partial charge in [0.1, 0.15) is 0 Å². The molecule has 2 aliphatic carbocycles. The lowest BCUT2D eigenvalue weighted by Crippen LogP contribution is -2.14. The van der Waals surface area contributed by atoms with Crippen LogP contribution in [0.4, 0.5) is 0 Å². The molecule has 2 rings (SSSR count). The van der Waals surface area contributed by atoms with Crippen molar-refractivity contribution >= 4 is 0 Å². The summed E-state index contributed by atoms with van der Waals surface area (Å²) in [6.07, 6.45) is 6.21. The van der Waals surface area contributed by atoms with Crippen LogP contribution in [0.5, 0.6) is 0 Å². The Morgan fingerprint density at radius 3 is 2.40 bits per heavy atom.